The molecule has 6 nitrogen and oxygen atoms in total. The Bertz CT molecular complexity index is 907. The Morgan fingerprint density at radius 2 is 1.59 bits per heavy atom. The molecule has 0 fully saturated rings. The predicted molar refractivity (Wildman–Crippen MR) is 126 cm³/mol. The summed E-state index contributed by atoms with van der Waals surface area (Å²) in [7, 11) is 0. The molecule has 0 spiro atoms. The molecule has 0 aromatic heterocycles. The summed E-state index contributed by atoms with van der Waals surface area (Å²) in [5, 5.41) is 11.1. The van der Waals surface area contributed by atoms with Gasteiger partial charge in [0.25, 0.3) is 5.91 Å². The van der Waals surface area contributed by atoms with Gasteiger partial charge in [-0.25, -0.2) is 0 Å². The van der Waals surface area contributed by atoms with Crippen LogP contribution in [0.1, 0.15) is 17.3 Å². The molecule has 0 saturated carbocycles. The van der Waals surface area contributed by atoms with Crippen LogP contribution in [0.25, 0.3) is 0 Å². The lowest BCUT2D eigenvalue weighted by Crippen LogP contribution is -2.56. The number of thiocarbonyl (C=S) groups is 1. The van der Waals surface area contributed by atoms with Crippen LogP contribution in [0.2, 0.25) is 0 Å². The van der Waals surface area contributed by atoms with Gasteiger partial charge in [-0.05, 0) is 54.7 Å². The zero-order valence-electron chi connectivity index (χ0n) is 14.9. The maximum atomic E-state index is 12.5. The number of alkyl halides is 3. The Hall–Kier alpha value is -1.58. The van der Waals surface area contributed by atoms with Crippen molar-refractivity contribution in [2.75, 3.05) is 10.6 Å². The highest BCUT2D eigenvalue weighted by molar-refractivity contribution is 9.10. The Balaban J connectivity index is 2.03. The van der Waals surface area contributed by atoms with E-state index in [4.69, 9.17) is 47.0 Å². The van der Waals surface area contributed by atoms with E-state index in [0.29, 0.717) is 16.9 Å². The highest BCUT2D eigenvalue weighted by Crippen LogP contribution is 2.29. The Morgan fingerprint density at radius 3 is 2.10 bits per heavy atom. The van der Waals surface area contributed by atoms with Gasteiger partial charge in [0.05, 0.1) is 0 Å². The zero-order chi connectivity index (χ0) is 21.6. The minimum atomic E-state index is -1.87. The van der Waals surface area contributed by atoms with E-state index in [9.17, 15) is 9.59 Å². The molecule has 1 atom stereocenters. The Morgan fingerprint density at radius 1 is 1.00 bits per heavy atom. The van der Waals surface area contributed by atoms with Crippen molar-refractivity contribution in [3.05, 3.63) is 58.6 Å². The maximum absolute atomic E-state index is 12.5. The van der Waals surface area contributed by atoms with E-state index < -0.39 is 15.9 Å². The van der Waals surface area contributed by atoms with E-state index in [1.165, 1.54) is 6.92 Å². The summed E-state index contributed by atoms with van der Waals surface area (Å²) in [4.78, 5) is 23.5. The molecule has 11 heteroatoms. The summed E-state index contributed by atoms with van der Waals surface area (Å²) in [5.41, 5.74) is 1.66. The molecule has 154 valence electrons. The van der Waals surface area contributed by atoms with Crippen LogP contribution in [0.5, 0.6) is 0 Å². The van der Waals surface area contributed by atoms with Crippen LogP contribution in [-0.4, -0.2) is 26.9 Å². The van der Waals surface area contributed by atoms with E-state index in [1.807, 2.05) is 0 Å². The summed E-state index contributed by atoms with van der Waals surface area (Å²) >= 11 is 26.5. The van der Waals surface area contributed by atoms with Crippen LogP contribution < -0.4 is 21.3 Å². The van der Waals surface area contributed by atoms with Gasteiger partial charge in [-0.1, -0.05) is 56.8 Å². The standard InChI is InChI=1S/C18H16BrCl3N4O2S/c1-10(27)23-13-5-7-14(8-6-13)24-17(29)26-16(18(20,21)22)25-15(28)11-3-2-4-12(19)9-11/h2-9,16H,1H3,(H,23,27)(H,25,28)(H2,24,26,29). The van der Waals surface area contributed by atoms with Crippen LogP contribution in [0.4, 0.5) is 11.4 Å². The molecule has 1 unspecified atom stereocenters. The number of amides is 2. The number of hydrogen-bond donors (Lipinski definition) is 4. The number of nitrogens with one attached hydrogen (secondary N) is 4. The van der Waals surface area contributed by atoms with Crippen molar-refractivity contribution in [1.82, 2.24) is 10.6 Å². The molecule has 0 bridgehead atoms. The second-order valence-electron chi connectivity index (χ2n) is 5.82. The summed E-state index contributed by atoms with van der Waals surface area (Å²) < 4.78 is -1.13. The van der Waals surface area contributed by atoms with Crippen molar-refractivity contribution in [3.63, 3.8) is 0 Å². The minimum Gasteiger partial charge on any atom is -0.339 e. The van der Waals surface area contributed by atoms with Gasteiger partial charge >= 0.3 is 0 Å². The number of rotatable bonds is 5. The first-order valence-electron chi connectivity index (χ1n) is 8.13. The second kappa shape index (κ2) is 10.4. The van der Waals surface area contributed by atoms with Crippen molar-refractivity contribution in [2.24, 2.45) is 0 Å². The fourth-order valence-electron chi connectivity index (χ4n) is 2.18. The number of hydrogen-bond acceptors (Lipinski definition) is 3. The number of halogens is 4. The fourth-order valence-corrected chi connectivity index (χ4v) is 3.14. The molecule has 2 rings (SSSR count). The van der Waals surface area contributed by atoms with Crippen LogP contribution in [0.3, 0.4) is 0 Å². The lowest BCUT2D eigenvalue weighted by molar-refractivity contribution is -0.114. The van der Waals surface area contributed by atoms with Crippen LogP contribution >= 0.6 is 63.0 Å². The van der Waals surface area contributed by atoms with Crippen LogP contribution in [-0.2, 0) is 4.79 Å². The first-order chi connectivity index (χ1) is 13.5. The van der Waals surface area contributed by atoms with Gasteiger partial charge in [0.15, 0.2) is 5.11 Å². The van der Waals surface area contributed by atoms with Gasteiger partial charge < -0.3 is 21.3 Å². The summed E-state index contributed by atoms with van der Waals surface area (Å²) in [6.45, 7) is 1.42. The third kappa shape index (κ3) is 7.98. The average molecular weight is 539 g/mol. The molecule has 0 aliphatic heterocycles. The average Bonchev–Trinajstić information content (AvgIpc) is 2.61. The minimum absolute atomic E-state index is 0.128. The lowest BCUT2D eigenvalue weighted by atomic mass is 10.2. The normalized spacial score (nSPS) is 11.9. The molecule has 0 saturated heterocycles. The fraction of sp³-hybridized carbons (Fsp3) is 0.167. The SMILES string of the molecule is CC(=O)Nc1ccc(NC(=S)NC(NC(=O)c2cccc(Br)c2)C(Cl)(Cl)Cl)cc1. The topological polar surface area (TPSA) is 82.3 Å². The van der Waals surface area contributed by atoms with Gasteiger partial charge in [-0.3, -0.25) is 9.59 Å². The molecule has 2 aromatic rings. The van der Waals surface area contributed by atoms with Crippen molar-refractivity contribution in [2.45, 2.75) is 16.9 Å². The molecule has 2 amide bonds. The monoisotopic (exact) mass is 536 g/mol. The molecule has 0 aliphatic rings. The third-order valence-electron chi connectivity index (χ3n) is 3.43. The van der Waals surface area contributed by atoms with Gasteiger partial charge in [0.2, 0.25) is 9.70 Å². The van der Waals surface area contributed by atoms with Crippen LogP contribution in [0.15, 0.2) is 53.0 Å². The molecule has 0 aliphatic carbocycles. The van der Waals surface area contributed by atoms with E-state index >= 15 is 0 Å². The van der Waals surface area contributed by atoms with Gasteiger partial charge in [-0.2, -0.15) is 0 Å². The molecular formula is C18H16BrCl3N4O2S. The Labute approximate surface area is 196 Å². The number of benzene rings is 2. The third-order valence-corrected chi connectivity index (χ3v) is 4.80. The van der Waals surface area contributed by atoms with E-state index in [-0.39, 0.29) is 11.0 Å². The van der Waals surface area contributed by atoms with E-state index in [0.717, 1.165) is 4.47 Å². The summed E-state index contributed by atoms with van der Waals surface area (Å²) in [6.07, 6.45) is -1.10. The smallest absolute Gasteiger partial charge is 0.253 e. The highest BCUT2D eigenvalue weighted by atomic mass is 79.9. The lowest BCUT2D eigenvalue weighted by Gasteiger charge is -2.27. The van der Waals surface area contributed by atoms with Gasteiger partial charge in [-0.15, -0.1) is 0 Å². The Kier molecular flexibility index (Phi) is 8.54. The second-order valence-corrected chi connectivity index (χ2v) is 9.51. The maximum Gasteiger partial charge on any atom is 0.253 e. The molecule has 0 radical (unpaired) electrons. The highest BCUT2D eigenvalue weighted by Gasteiger charge is 2.34. The first-order valence-corrected chi connectivity index (χ1v) is 10.5. The molecule has 2 aromatic carbocycles. The largest absolute Gasteiger partial charge is 0.339 e. The summed E-state index contributed by atoms with van der Waals surface area (Å²) in [5.74, 6) is -0.618. The first kappa shape index (κ1) is 23.7. The molecule has 29 heavy (non-hydrogen) atoms. The van der Waals surface area contributed by atoms with Crippen LogP contribution in [0, 0.1) is 0 Å². The van der Waals surface area contributed by atoms with Gasteiger partial charge in [0.1, 0.15) is 6.17 Å². The molecule has 4 N–H and O–H groups in total. The van der Waals surface area contributed by atoms with E-state index in [2.05, 4.69) is 37.2 Å². The predicted octanol–water partition coefficient (Wildman–Crippen LogP) is 4.82. The van der Waals surface area contributed by atoms with Crippen molar-refractivity contribution in [1.29, 1.82) is 0 Å². The number of carbonyl (C=O) groups excluding carboxylic acids is 2. The van der Waals surface area contributed by atoms with Gasteiger partial charge in [0, 0.05) is 28.3 Å². The number of carbonyl (C=O) groups is 2. The molecule has 0 heterocycles. The number of anilines is 2. The summed E-state index contributed by atoms with van der Waals surface area (Å²) in [6, 6.07) is 13.6. The zero-order valence-corrected chi connectivity index (χ0v) is 19.6. The molecular weight excluding hydrogens is 523 g/mol. The quantitative estimate of drug-likeness (QED) is 0.249. The van der Waals surface area contributed by atoms with E-state index in [1.54, 1.807) is 48.5 Å². The van der Waals surface area contributed by atoms with Crippen molar-refractivity contribution < 1.29 is 9.59 Å². The van der Waals surface area contributed by atoms with Crippen molar-refractivity contribution in [3.8, 4) is 0 Å². The van der Waals surface area contributed by atoms with Crippen molar-refractivity contribution >= 4 is 91.3 Å².